The molecule has 0 heterocycles. The van der Waals surface area contributed by atoms with Crippen LogP contribution in [0.3, 0.4) is 0 Å². The second kappa shape index (κ2) is 6.33. The molecule has 0 radical (unpaired) electrons. The lowest BCUT2D eigenvalue weighted by atomic mass is 10.1. The van der Waals surface area contributed by atoms with E-state index in [9.17, 15) is 10.1 Å². The molecule has 0 aromatic heterocycles. The van der Waals surface area contributed by atoms with Crippen LogP contribution in [0.2, 0.25) is 10.0 Å². The van der Waals surface area contributed by atoms with Gasteiger partial charge in [0, 0.05) is 23.9 Å². The fourth-order valence-corrected chi connectivity index (χ4v) is 2.40. The average Bonchev–Trinajstić information content (AvgIpc) is 2.41. The molecule has 6 heteroatoms. The van der Waals surface area contributed by atoms with Crippen molar-refractivity contribution in [3.63, 3.8) is 0 Å². The molecule has 2 rings (SSSR count). The molecule has 0 fully saturated rings. The highest BCUT2D eigenvalue weighted by atomic mass is 35.5. The quantitative estimate of drug-likeness (QED) is 0.626. The van der Waals surface area contributed by atoms with E-state index in [-0.39, 0.29) is 10.6 Å². The van der Waals surface area contributed by atoms with E-state index in [0.717, 1.165) is 16.8 Å². The summed E-state index contributed by atoms with van der Waals surface area (Å²) in [4.78, 5) is 10.6. The molecule has 0 aliphatic rings. The molecule has 0 aliphatic heterocycles. The van der Waals surface area contributed by atoms with Crippen molar-refractivity contribution in [3.8, 4) is 0 Å². The lowest BCUT2D eigenvalue weighted by Crippen LogP contribution is -2.03. The Bertz CT molecular complexity index is 702. The van der Waals surface area contributed by atoms with Gasteiger partial charge in [0.15, 0.2) is 0 Å². The standard InChI is InChI=1S/C15H14Cl2N2O2/c1-9-5-10(2)15(19(20)21)7-14(9)18-8-11-3-4-12(16)13(17)6-11/h3-7,18H,8H2,1-2H3. The number of nitro groups is 1. The normalized spacial score (nSPS) is 10.5. The van der Waals surface area contributed by atoms with Crippen molar-refractivity contribution in [2.45, 2.75) is 20.4 Å². The summed E-state index contributed by atoms with van der Waals surface area (Å²) in [6, 6.07) is 8.72. The Labute approximate surface area is 132 Å². The number of hydrogen-bond donors (Lipinski definition) is 1. The van der Waals surface area contributed by atoms with Gasteiger partial charge in [-0.25, -0.2) is 0 Å². The maximum atomic E-state index is 11.0. The van der Waals surface area contributed by atoms with Crippen molar-refractivity contribution < 1.29 is 4.92 Å². The van der Waals surface area contributed by atoms with E-state index in [1.54, 1.807) is 31.2 Å². The van der Waals surface area contributed by atoms with Gasteiger partial charge >= 0.3 is 0 Å². The highest BCUT2D eigenvalue weighted by Crippen LogP contribution is 2.27. The van der Waals surface area contributed by atoms with Gasteiger partial charge in [-0.2, -0.15) is 0 Å². The number of nitrogens with zero attached hydrogens (tertiary/aromatic N) is 1. The highest BCUT2D eigenvalue weighted by Gasteiger charge is 2.13. The van der Waals surface area contributed by atoms with Gasteiger partial charge in [0.25, 0.3) is 5.69 Å². The largest absolute Gasteiger partial charge is 0.381 e. The molecule has 21 heavy (non-hydrogen) atoms. The number of nitrogens with one attached hydrogen (secondary N) is 1. The molecule has 1 N–H and O–H groups in total. The summed E-state index contributed by atoms with van der Waals surface area (Å²) < 4.78 is 0. The van der Waals surface area contributed by atoms with Crippen LogP contribution in [-0.2, 0) is 6.54 Å². The molecule has 2 aromatic carbocycles. The summed E-state index contributed by atoms with van der Waals surface area (Å²) >= 11 is 11.8. The van der Waals surface area contributed by atoms with Crippen LogP contribution in [0.4, 0.5) is 11.4 Å². The molecular formula is C15H14Cl2N2O2. The summed E-state index contributed by atoms with van der Waals surface area (Å²) in [6.07, 6.45) is 0. The summed E-state index contributed by atoms with van der Waals surface area (Å²) in [6.45, 7) is 4.15. The number of rotatable bonds is 4. The van der Waals surface area contributed by atoms with Crippen molar-refractivity contribution >= 4 is 34.6 Å². The van der Waals surface area contributed by atoms with E-state index in [1.165, 1.54) is 0 Å². The van der Waals surface area contributed by atoms with Crippen LogP contribution in [0.15, 0.2) is 30.3 Å². The monoisotopic (exact) mass is 324 g/mol. The molecule has 0 amide bonds. The smallest absolute Gasteiger partial charge is 0.274 e. The molecule has 0 bridgehead atoms. The van der Waals surface area contributed by atoms with Crippen molar-refractivity contribution in [2.75, 3.05) is 5.32 Å². The Kier molecular flexibility index (Phi) is 4.70. The first-order valence-electron chi connectivity index (χ1n) is 6.32. The zero-order valence-electron chi connectivity index (χ0n) is 11.6. The van der Waals surface area contributed by atoms with E-state index in [1.807, 2.05) is 13.0 Å². The maximum Gasteiger partial charge on any atom is 0.274 e. The van der Waals surface area contributed by atoms with Gasteiger partial charge in [0.05, 0.1) is 15.0 Å². The Balaban J connectivity index is 2.21. The second-order valence-corrected chi connectivity index (χ2v) is 5.63. The van der Waals surface area contributed by atoms with Crippen LogP contribution in [-0.4, -0.2) is 4.92 Å². The Hall–Kier alpha value is -1.78. The van der Waals surface area contributed by atoms with Crippen LogP contribution in [0.5, 0.6) is 0 Å². The van der Waals surface area contributed by atoms with Crippen LogP contribution in [0.25, 0.3) is 0 Å². The first-order chi connectivity index (χ1) is 9.88. The van der Waals surface area contributed by atoms with Gasteiger partial charge in [0.1, 0.15) is 0 Å². The van der Waals surface area contributed by atoms with Crippen molar-refractivity contribution in [1.82, 2.24) is 0 Å². The zero-order valence-corrected chi connectivity index (χ0v) is 13.1. The second-order valence-electron chi connectivity index (χ2n) is 4.81. The van der Waals surface area contributed by atoms with Crippen molar-refractivity contribution in [3.05, 3.63) is 67.2 Å². The lowest BCUT2D eigenvalue weighted by Gasteiger charge is -2.11. The van der Waals surface area contributed by atoms with E-state index >= 15 is 0 Å². The third kappa shape index (κ3) is 3.65. The number of anilines is 1. The first-order valence-corrected chi connectivity index (χ1v) is 7.07. The minimum absolute atomic E-state index is 0.109. The third-order valence-electron chi connectivity index (χ3n) is 3.21. The number of benzene rings is 2. The topological polar surface area (TPSA) is 55.2 Å². The minimum atomic E-state index is -0.376. The molecule has 2 aromatic rings. The van der Waals surface area contributed by atoms with Gasteiger partial charge in [-0.3, -0.25) is 10.1 Å². The fraction of sp³-hybridized carbons (Fsp3) is 0.200. The summed E-state index contributed by atoms with van der Waals surface area (Å²) in [7, 11) is 0. The molecule has 4 nitrogen and oxygen atoms in total. The number of hydrogen-bond acceptors (Lipinski definition) is 3. The number of aryl methyl sites for hydroxylation is 2. The highest BCUT2D eigenvalue weighted by molar-refractivity contribution is 6.42. The van der Waals surface area contributed by atoms with Gasteiger partial charge in [-0.1, -0.05) is 29.3 Å². The molecule has 0 spiro atoms. The molecule has 0 aliphatic carbocycles. The van der Waals surface area contributed by atoms with Crippen LogP contribution in [0, 0.1) is 24.0 Å². The molecule has 0 unspecified atom stereocenters. The Morgan fingerprint density at radius 2 is 1.81 bits per heavy atom. The van der Waals surface area contributed by atoms with Gasteiger partial charge in [-0.15, -0.1) is 0 Å². The van der Waals surface area contributed by atoms with E-state index in [0.29, 0.717) is 22.2 Å². The van der Waals surface area contributed by atoms with Gasteiger partial charge < -0.3 is 5.32 Å². The maximum absolute atomic E-state index is 11.0. The fourth-order valence-electron chi connectivity index (χ4n) is 2.07. The van der Waals surface area contributed by atoms with Gasteiger partial charge in [-0.05, 0) is 43.2 Å². The average molecular weight is 325 g/mol. The van der Waals surface area contributed by atoms with Gasteiger partial charge in [0.2, 0.25) is 0 Å². The molecule has 110 valence electrons. The number of nitro benzene ring substituents is 1. The predicted molar refractivity (Wildman–Crippen MR) is 86.4 cm³/mol. The van der Waals surface area contributed by atoms with Crippen LogP contribution >= 0.6 is 23.2 Å². The lowest BCUT2D eigenvalue weighted by molar-refractivity contribution is -0.385. The first kappa shape index (κ1) is 15.6. The summed E-state index contributed by atoms with van der Waals surface area (Å²) in [5, 5.41) is 15.2. The third-order valence-corrected chi connectivity index (χ3v) is 3.95. The Morgan fingerprint density at radius 3 is 2.43 bits per heavy atom. The van der Waals surface area contributed by atoms with Crippen LogP contribution < -0.4 is 5.32 Å². The molecule has 0 atom stereocenters. The number of halogens is 2. The summed E-state index contributed by atoms with van der Waals surface area (Å²) in [5.74, 6) is 0. The molecule has 0 saturated carbocycles. The van der Waals surface area contributed by atoms with Crippen molar-refractivity contribution in [2.24, 2.45) is 0 Å². The van der Waals surface area contributed by atoms with E-state index in [2.05, 4.69) is 5.32 Å². The summed E-state index contributed by atoms with van der Waals surface area (Å²) in [5.41, 5.74) is 3.40. The predicted octanol–water partition coefficient (Wildman–Crippen LogP) is 5.13. The Morgan fingerprint density at radius 1 is 1.10 bits per heavy atom. The van der Waals surface area contributed by atoms with E-state index < -0.39 is 0 Å². The molecular weight excluding hydrogens is 311 g/mol. The minimum Gasteiger partial charge on any atom is -0.381 e. The van der Waals surface area contributed by atoms with E-state index in [4.69, 9.17) is 23.2 Å². The van der Waals surface area contributed by atoms with Crippen LogP contribution in [0.1, 0.15) is 16.7 Å². The SMILES string of the molecule is Cc1cc(C)c([N+](=O)[O-])cc1NCc1ccc(Cl)c(Cl)c1. The van der Waals surface area contributed by atoms with Crippen molar-refractivity contribution in [1.29, 1.82) is 0 Å². The molecule has 0 saturated heterocycles. The zero-order chi connectivity index (χ0) is 15.6.